The van der Waals surface area contributed by atoms with Crippen molar-refractivity contribution in [3.8, 4) is 0 Å². The Bertz CT molecular complexity index is 498. The predicted molar refractivity (Wildman–Crippen MR) is 77.5 cm³/mol. The highest BCUT2D eigenvalue weighted by Crippen LogP contribution is 2.38. The molecule has 0 bridgehead atoms. The van der Waals surface area contributed by atoms with Crippen LogP contribution in [0.1, 0.15) is 26.2 Å². The van der Waals surface area contributed by atoms with Crippen molar-refractivity contribution in [3.63, 3.8) is 0 Å². The molecule has 0 radical (unpaired) electrons. The molecule has 2 fully saturated rings. The molecule has 3 atom stereocenters. The summed E-state index contributed by atoms with van der Waals surface area (Å²) in [5.41, 5.74) is 1.13. The van der Waals surface area contributed by atoms with E-state index in [4.69, 9.17) is 0 Å². The molecule has 0 saturated carbocycles. The van der Waals surface area contributed by atoms with Crippen LogP contribution < -0.4 is 9.80 Å². The van der Waals surface area contributed by atoms with Crippen molar-refractivity contribution in [2.75, 3.05) is 19.6 Å². The first-order chi connectivity index (χ1) is 9.64. The van der Waals surface area contributed by atoms with Crippen molar-refractivity contribution >= 4 is 11.5 Å². The number of nitrogens with zero attached hydrogens (tertiary/aromatic N) is 3. The van der Waals surface area contributed by atoms with Crippen molar-refractivity contribution in [1.82, 2.24) is 14.8 Å². The van der Waals surface area contributed by atoms with Crippen LogP contribution in [0.2, 0.25) is 0 Å². The lowest BCUT2D eigenvalue weighted by atomic mass is 10.1. The van der Waals surface area contributed by atoms with E-state index in [0.717, 1.165) is 29.8 Å². The quantitative estimate of drug-likeness (QED) is 0.520. The first kappa shape index (κ1) is 13.5. The van der Waals surface area contributed by atoms with Crippen LogP contribution >= 0.6 is 0 Å². The van der Waals surface area contributed by atoms with Crippen molar-refractivity contribution < 1.29 is 4.92 Å². The van der Waals surface area contributed by atoms with E-state index in [1.54, 1.807) is 12.3 Å². The molecule has 0 spiro atoms. The van der Waals surface area contributed by atoms with Crippen LogP contribution in [0.15, 0.2) is 18.3 Å². The summed E-state index contributed by atoms with van der Waals surface area (Å²) < 4.78 is 0.942. The zero-order valence-corrected chi connectivity index (χ0v) is 11.8. The van der Waals surface area contributed by atoms with Crippen LogP contribution in [0, 0.1) is 10.1 Å². The fourth-order valence-corrected chi connectivity index (χ4v) is 4.00. The number of hydrogen-bond acceptors (Lipinski definition) is 4. The highest BCUT2D eigenvalue weighted by atomic mass is 16.6. The zero-order chi connectivity index (χ0) is 14.2. The smallest absolute Gasteiger partial charge is 0.358 e. The predicted octanol–water partition coefficient (Wildman–Crippen LogP) is 1.84. The molecule has 0 amide bonds. The molecule has 2 saturated heterocycles. The Balaban J connectivity index is 1.99. The lowest BCUT2D eigenvalue weighted by Crippen LogP contribution is -2.59. The summed E-state index contributed by atoms with van der Waals surface area (Å²) in [5, 5.41) is 14.2. The zero-order valence-electron chi connectivity index (χ0n) is 11.8. The molecule has 6 nitrogen and oxygen atoms in total. The van der Waals surface area contributed by atoms with Gasteiger partial charge in [-0.25, -0.2) is 0 Å². The minimum Gasteiger partial charge on any atom is -0.358 e. The summed E-state index contributed by atoms with van der Waals surface area (Å²) in [4.78, 5) is 14.4. The maximum absolute atomic E-state index is 10.8. The number of likely N-dealkylation sites (tertiary alicyclic amines) is 1. The molecule has 1 unspecified atom stereocenters. The van der Waals surface area contributed by atoms with Gasteiger partial charge in [0.2, 0.25) is 6.20 Å². The van der Waals surface area contributed by atoms with E-state index in [9.17, 15) is 10.1 Å². The van der Waals surface area contributed by atoms with Gasteiger partial charge in [0.1, 0.15) is 6.04 Å². The number of quaternary nitrogens is 1. The largest absolute Gasteiger partial charge is 0.363 e. The molecule has 1 aromatic heterocycles. The molecular formula is C14H21N4O2+. The van der Waals surface area contributed by atoms with Crippen molar-refractivity contribution in [1.29, 1.82) is 0 Å². The summed E-state index contributed by atoms with van der Waals surface area (Å²) in [5.74, 6) is -0.0664. The summed E-state index contributed by atoms with van der Waals surface area (Å²) in [6.07, 6.45) is 5.32. The summed E-state index contributed by atoms with van der Waals surface area (Å²) in [7, 11) is 0. The van der Waals surface area contributed by atoms with E-state index in [2.05, 4.69) is 17.2 Å². The minimum atomic E-state index is -0.432. The first-order valence-corrected chi connectivity index (χ1v) is 7.34. The number of nitrogens with one attached hydrogen (secondary N) is 1. The minimum absolute atomic E-state index is 0.0664. The molecule has 3 heterocycles. The molecule has 0 aliphatic carbocycles. The van der Waals surface area contributed by atoms with Gasteiger partial charge in [-0.2, -0.15) is 0 Å². The third-order valence-corrected chi connectivity index (χ3v) is 5.02. The molecule has 2 aliphatic heterocycles. The van der Waals surface area contributed by atoms with Crippen LogP contribution in [0.25, 0.3) is 0 Å². The second-order valence-corrected chi connectivity index (χ2v) is 5.92. The van der Waals surface area contributed by atoms with Crippen LogP contribution in [0.4, 0.5) is 11.5 Å². The standard InChI is InChI=1S/C14H21N4O2/c1-11-3-2-8-18(11,13-6-7-15-9-13)12-4-5-14(16-10-12)17(19)20/h4-5,10-11,13,15H,2-3,6-9H2,1H3/q+1/t11-,13-,18?/m0/s1. The van der Waals surface area contributed by atoms with E-state index >= 15 is 0 Å². The van der Waals surface area contributed by atoms with Crippen molar-refractivity contribution in [2.45, 2.75) is 38.3 Å². The number of pyridine rings is 1. The lowest BCUT2D eigenvalue weighted by Gasteiger charge is -2.42. The van der Waals surface area contributed by atoms with E-state index in [0.29, 0.717) is 12.1 Å². The third-order valence-electron chi connectivity index (χ3n) is 5.02. The van der Waals surface area contributed by atoms with Crippen molar-refractivity contribution in [3.05, 3.63) is 28.4 Å². The number of aromatic nitrogens is 1. The van der Waals surface area contributed by atoms with Gasteiger partial charge in [0.25, 0.3) is 0 Å². The van der Waals surface area contributed by atoms with Crippen LogP contribution in [0.5, 0.6) is 0 Å². The molecular weight excluding hydrogens is 256 g/mol. The second kappa shape index (κ2) is 5.10. The average molecular weight is 277 g/mol. The molecule has 1 aromatic rings. The third kappa shape index (κ3) is 1.99. The van der Waals surface area contributed by atoms with Gasteiger partial charge < -0.3 is 15.4 Å². The van der Waals surface area contributed by atoms with E-state index < -0.39 is 4.92 Å². The Morgan fingerprint density at radius 2 is 2.30 bits per heavy atom. The van der Waals surface area contributed by atoms with Gasteiger partial charge in [0, 0.05) is 44.5 Å². The SMILES string of the molecule is C[C@H]1CCC[N+]1(c1ccc([N+](=O)[O-])nc1)[C@H]1CCNC1. The first-order valence-electron chi connectivity index (χ1n) is 7.34. The van der Waals surface area contributed by atoms with E-state index in [-0.39, 0.29) is 5.82 Å². The van der Waals surface area contributed by atoms with Gasteiger partial charge in [-0.1, -0.05) is 0 Å². The molecule has 20 heavy (non-hydrogen) atoms. The second-order valence-electron chi connectivity index (χ2n) is 5.92. The monoisotopic (exact) mass is 277 g/mol. The maximum atomic E-state index is 10.8. The van der Waals surface area contributed by atoms with Gasteiger partial charge >= 0.3 is 5.82 Å². The van der Waals surface area contributed by atoms with Crippen LogP contribution in [0.3, 0.4) is 0 Å². The van der Waals surface area contributed by atoms with Crippen LogP contribution in [-0.2, 0) is 0 Å². The Morgan fingerprint density at radius 1 is 1.45 bits per heavy atom. The molecule has 3 rings (SSSR count). The highest BCUT2D eigenvalue weighted by Gasteiger charge is 2.48. The Hall–Kier alpha value is -1.53. The normalized spacial score (nSPS) is 33.5. The fraction of sp³-hybridized carbons (Fsp3) is 0.643. The summed E-state index contributed by atoms with van der Waals surface area (Å²) in [6.45, 7) is 5.51. The Kier molecular flexibility index (Phi) is 3.43. The summed E-state index contributed by atoms with van der Waals surface area (Å²) >= 11 is 0. The van der Waals surface area contributed by atoms with Crippen molar-refractivity contribution in [2.24, 2.45) is 0 Å². The van der Waals surface area contributed by atoms with E-state index in [1.165, 1.54) is 19.3 Å². The molecule has 108 valence electrons. The Labute approximate surface area is 118 Å². The molecule has 6 heteroatoms. The molecule has 2 aliphatic rings. The number of nitro groups is 1. The van der Waals surface area contributed by atoms with Gasteiger partial charge in [-0.15, -0.1) is 0 Å². The lowest BCUT2D eigenvalue weighted by molar-refractivity contribution is -0.389. The van der Waals surface area contributed by atoms with Gasteiger partial charge in [0.05, 0.1) is 12.6 Å². The van der Waals surface area contributed by atoms with Gasteiger partial charge in [-0.05, 0) is 16.8 Å². The Morgan fingerprint density at radius 3 is 2.80 bits per heavy atom. The molecule has 1 N–H and O–H groups in total. The number of rotatable bonds is 3. The van der Waals surface area contributed by atoms with E-state index in [1.807, 2.05) is 6.07 Å². The summed E-state index contributed by atoms with van der Waals surface area (Å²) in [6, 6.07) is 4.58. The molecule has 0 aromatic carbocycles. The highest BCUT2D eigenvalue weighted by molar-refractivity contribution is 5.46. The number of hydrogen-bond donors (Lipinski definition) is 1. The fourth-order valence-electron chi connectivity index (χ4n) is 4.00. The maximum Gasteiger partial charge on any atom is 0.363 e. The van der Waals surface area contributed by atoms with Crippen LogP contribution in [-0.4, -0.2) is 41.6 Å². The average Bonchev–Trinajstić information content (AvgIpc) is 3.08. The van der Waals surface area contributed by atoms with Gasteiger partial charge in [-0.3, -0.25) is 4.48 Å². The topological polar surface area (TPSA) is 68.1 Å². The van der Waals surface area contributed by atoms with Gasteiger partial charge in [0.15, 0.2) is 5.69 Å².